The van der Waals surface area contributed by atoms with Crippen molar-refractivity contribution >= 4 is 46.2 Å². The van der Waals surface area contributed by atoms with Crippen LogP contribution >= 0.6 is 11.6 Å². The van der Waals surface area contributed by atoms with Gasteiger partial charge in [0.2, 0.25) is 17.2 Å². The Kier molecular flexibility index (Phi) is 6.89. The van der Waals surface area contributed by atoms with Crippen molar-refractivity contribution in [2.45, 2.75) is 27.7 Å². The van der Waals surface area contributed by atoms with E-state index in [0.717, 1.165) is 28.3 Å². The van der Waals surface area contributed by atoms with Crippen molar-refractivity contribution in [1.29, 1.82) is 0 Å². The van der Waals surface area contributed by atoms with Crippen LogP contribution in [0.2, 0.25) is 5.28 Å². The quantitative estimate of drug-likeness (QED) is 0.231. The van der Waals surface area contributed by atoms with Gasteiger partial charge in [0.1, 0.15) is 0 Å². The lowest BCUT2D eigenvalue weighted by Crippen LogP contribution is -2.19. The van der Waals surface area contributed by atoms with Gasteiger partial charge in [0.15, 0.2) is 0 Å². The fourth-order valence-electron chi connectivity index (χ4n) is 4.19. The molecule has 1 aromatic heterocycles. The van der Waals surface area contributed by atoms with Crippen molar-refractivity contribution in [3.63, 3.8) is 0 Å². The van der Waals surface area contributed by atoms with Crippen LogP contribution in [0.25, 0.3) is 0 Å². The molecule has 0 aliphatic heterocycles. The van der Waals surface area contributed by atoms with Gasteiger partial charge in [-0.2, -0.15) is 15.0 Å². The highest BCUT2D eigenvalue weighted by molar-refractivity contribution is 6.28. The number of hydrogen-bond acceptors (Lipinski definition) is 5. The second kappa shape index (κ2) is 10.4. The van der Waals surface area contributed by atoms with Gasteiger partial charge in [-0.25, -0.2) is 0 Å². The van der Waals surface area contributed by atoms with Crippen LogP contribution in [-0.4, -0.2) is 15.0 Å². The topological polar surface area (TPSA) is 45.2 Å². The molecule has 5 aromatic rings. The van der Waals surface area contributed by atoms with Crippen LogP contribution < -0.4 is 9.80 Å². The molecule has 0 N–H and O–H groups in total. The SMILES string of the molecule is Cc1ccc(N(c2cccc(C)c2)c2nc(Cl)nc(N(c3ccccc3)c3ccc(C)c(C)c3)n2)cc1. The van der Waals surface area contributed by atoms with Crippen molar-refractivity contribution in [2.75, 3.05) is 9.80 Å². The van der Waals surface area contributed by atoms with Crippen molar-refractivity contribution in [3.05, 3.63) is 125 Å². The maximum atomic E-state index is 6.59. The van der Waals surface area contributed by atoms with Crippen LogP contribution in [0.3, 0.4) is 0 Å². The zero-order valence-corrected chi connectivity index (χ0v) is 22.1. The van der Waals surface area contributed by atoms with Gasteiger partial charge in [-0.05, 0) is 105 Å². The fraction of sp³-hybridized carbons (Fsp3) is 0.129. The van der Waals surface area contributed by atoms with Gasteiger partial charge in [-0.15, -0.1) is 0 Å². The number of nitrogens with zero attached hydrogens (tertiary/aromatic N) is 5. The first-order chi connectivity index (χ1) is 17.9. The van der Waals surface area contributed by atoms with Gasteiger partial charge in [-0.3, -0.25) is 9.80 Å². The second-order valence-electron chi connectivity index (χ2n) is 9.15. The first-order valence-corrected chi connectivity index (χ1v) is 12.5. The molecule has 5 nitrogen and oxygen atoms in total. The minimum atomic E-state index is 0.120. The van der Waals surface area contributed by atoms with Crippen molar-refractivity contribution in [1.82, 2.24) is 15.0 Å². The lowest BCUT2D eigenvalue weighted by atomic mass is 10.1. The fourth-order valence-corrected chi connectivity index (χ4v) is 4.34. The van der Waals surface area contributed by atoms with E-state index in [4.69, 9.17) is 16.6 Å². The molecule has 0 bridgehead atoms. The van der Waals surface area contributed by atoms with Gasteiger partial charge in [0, 0.05) is 22.7 Å². The second-order valence-corrected chi connectivity index (χ2v) is 9.49. The predicted molar refractivity (Wildman–Crippen MR) is 153 cm³/mol. The Balaban J connectivity index is 1.71. The Hall–Kier alpha value is -4.22. The van der Waals surface area contributed by atoms with E-state index in [2.05, 4.69) is 92.3 Å². The summed E-state index contributed by atoms with van der Waals surface area (Å²) in [6.45, 7) is 8.34. The molecule has 184 valence electrons. The molecular weight excluding hydrogens is 478 g/mol. The number of benzene rings is 4. The number of hydrogen-bond donors (Lipinski definition) is 0. The van der Waals surface area contributed by atoms with Crippen LogP contribution in [0.5, 0.6) is 0 Å². The minimum absolute atomic E-state index is 0.120. The molecule has 37 heavy (non-hydrogen) atoms. The van der Waals surface area contributed by atoms with Crippen molar-refractivity contribution in [3.8, 4) is 0 Å². The third-order valence-electron chi connectivity index (χ3n) is 6.30. The predicted octanol–water partition coefficient (Wildman–Crippen LogP) is 8.70. The summed E-state index contributed by atoms with van der Waals surface area (Å²) in [5, 5.41) is 0.120. The Bertz CT molecular complexity index is 1510. The van der Waals surface area contributed by atoms with E-state index in [0.29, 0.717) is 11.9 Å². The molecule has 0 saturated heterocycles. The molecule has 0 unspecified atom stereocenters. The number of rotatable bonds is 6. The van der Waals surface area contributed by atoms with Crippen LogP contribution in [0.1, 0.15) is 22.3 Å². The average molecular weight is 506 g/mol. The smallest absolute Gasteiger partial charge is 0.240 e. The Morgan fingerprint density at radius 3 is 1.68 bits per heavy atom. The highest BCUT2D eigenvalue weighted by Gasteiger charge is 2.22. The van der Waals surface area contributed by atoms with Crippen LogP contribution in [0, 0.1) is 27.7 Å². The Morgan fingerprint density at radius 2 is 1.05 bits per heavy atom. The molecule has 0 spiro atoms. The van der Waals surface area contributed by atoms with Gasteiger partial charge in [-0.1, -0.05) is 54.1 Å². The van der Waals surface area contributed by atoms with Crippen LogP contribution in [-0.2, 0) is 0 Å². The van der Waals surface area contributed by atoms with Crippen LogP contribution in [0.4, 0.5) is 34.6 Å². The summed E-state index contributed by atoms with van der Waals surface area (Å²) in [6, 6.07) is 32.9. The van der Waals surface area contributed by atoms with E-state index < -0.39 is 0 Å². The monoisotopic (exact) mass is 505 g/mol. The third-order valence-corrected chi connectivity index (χ3v) is 6.47. The lowest BCUT2D eigenvalue weighted by Gasteiger charge is -2.27. The lowest BCUT2D eigenvalue weighted by molar-refractivity contribution is 0.981. The molecule has 4 aromatic carbocycles. The largest absolute Gasteiger partial charge is 0.279 e. The van der Waals surface area contributed by atoms with E-state index in [1.54, 1.807) is 0 Å². The van der Waals surface area contributed by atoms with Crippen molar-refractivity contribution < 1.29 is 0 Å². The molecule has 5 rings (SSSR count). The minimum Gasteiger partial charge on any atom is -0.279 e. The van der Waals surface area contributed by atoms with Gasteiger partial charge in [0.05, 0.1) is 0 Å². The summed E-state index contributed by atoms with van der Waals surface area (Å²) < 4.78 is 0. The summed E-state index contributed by atoms with van der Waals surface area (Å²) in [5.74, 6) is 0.878. The molecule has 0 fully saturated rings. The zero-order valence-electron chi connectivity index (χ0n) is 21.4. The van der Waals surface area contributed by atoms with Gasteiger partial charge >= 0.3 is 0 Å². The van der Waals surface area contributed by atoms with Gasteiger partial charge in [0.25, 0.3) is 0 Å². The van der Waals surface area contributed by atoms with Crippen LogP contribution in [0.15, 0.2) is 97.1 Å². The molecule has 6 heteroatoms. The van der Waals surface area contributed by atoms with E-state index in [1.807, 2.05) is 52.3 Å². The molecule has 1 heterocycles. The summed E-state index contributed by atoms with van der Waals surface area (Å²) in [7, 11) is 0. The Labute approximate surface area is 223 Å². The van der Waals surface area contributed by atoms with Crippen molar-refractivity contribution in [2.24, 2.45) is 0 Å². The number of halogens is 1. The Morgan fingerprint density at radius 1 is 0.486 bits per heavy atom. The van der Waals surface area contributed by atoms with E-state index in [9.17, 15) is 0 Å². The first-order valence-electron chi connectivity index (χ1n) is 12.2. The molecule has 0 aliphatic rings. The zero-order chi connectivity index (χ0) is 25.9. The third kappa shape index (κ3) is 5.32. The normalized spacial score (nSPS) is 10.8. The first kappa shape index (κ1) is 24.5. The maximum Gasteiger partial charge on any atom is 0.240 e. The highest BCUT2D eigenvalue weighted by Crippen LogP contribution is 2.37. The van der Waals surface area contributed by atoms with E-state index >= 15 is 0 Å². The number of para-hydroxylation sites is 1. The number of anilines is 6. The van der Waals surface area contributed by atoms with E-state index in [1.165, 1.54) is 16.7 Å². The molecule has 0 atom stereocenters. The highest BCUT2D eigenvalue weighted by atomic mass is 35.5. The summed E-state index contributed by atoms with van der Waals surface area (Å²) >= 11 is 6.59. The molecule has 0 radical (unpaired) electrons. The van der Waals surface area contributed by atoms with E-state index in [-0.39, 0.29) is 5.28 Å². The molecule has 0 saturated carbocycles. The summed E-state index contributed by atoms with van der Waals surface area (Å²) in [4.78, 5) is 18.2. The average Bonchev–Trinajstić information content (AvgIpc) is 2.88. The number of aryl methyl sites for hydroxylation is 4. The summed E-state index contributed by atoms with van der Waals surface area (Å²) in [5.41, 5.74) is 8.45. The number of aromatic nitrogens is 3. The standard InChI is InChI=1S/C31H28ClN5/c1-21-13-16-26(17-14-21)37(27-12-8-9-22(2)19-27)31-34-29(32)33-30(35-31)36(25-10-6-5-7-11-25)28-18-15-23(3)24(4)20-28/h5-20H,1-4H3. The summed E-state index contributed by atoms with van der Waals surface area (Å²) in [6.07, 6.45) is 0. The molecular formula is C31H28ClN5. The van der Waals surface area contributed by atoms with Gasteiger partial charge < -0.3 is 0 Å². The maximum absolute atomic E-state index is 6.59. The molecule has 0 aliphatic carbocycles. The molecule has 0 amide bonds.